The lowest BCUT2D eigenvalue weighted by atomic mass is 10.2. The van der Waals surface area contributed by atoms with Crippen molar-refractivity contribution in [3.63, 3.8) is 0 Å². The Morgan fingerprint density at radius 3 is 1.90 bits per heavy atom. The zero-order chi connectivity index (χ0) is 30.0. The Labute approximate surface area is 239 Å². The van der Waals surface area contributed by atoms with Gasteiger partial charge in [-0.3, -0.25) is 0 Å². The van der Waals surface area contributed by atoms with Gasteiger partial charge in [-0.25, -0.2) is 19.9 Å². The predicted octanol–water partition coefficient (Wildman–Crippen LogP) is 5.13. The first-order chi connectivity index (χ1) is 19.7. The highest BCUT2D eigenvalue weighted by Gasteiger charge is 2.05. The van der Waals surface area contributed by atoms with E-state index in [0.717, 1.165) is 40.7 Å². The summed E-state index contributed by atoms with van der Waals surface area (Å²) in [5.41, 5.74) is 4.44. The summed E-state index contributed by atoms with van der Waals surface area (Å²) in [7, 11) is 3.65. The molecule has 0 spiro atoms. The summed E-state index contributed by atoms with van der Waals surface area (Å²) < 4.78 is 3.47. The second-order valence-electron chi connectivity index (χ2n) is 8.72. The molecule has 0 amide bonds. The van der Waals surface area contributed by atoms with Crippen molar-refractivity contribution in [2.24, 2.45) is 14.1 Å². The van der Waals surface area contributed by atoms with E-state index in [1.807, 2.05) is 69.3 Å². The number of imidazole rings is 5. The van der Waals surface area contributed by atoms with Crippen molar-refractivity contribution in [3.8, 4) is 11.3 Å². The maximum Gasteiger partial charge on any atom is 0.381 e. The summed E-state index contributed by atoms with van der Waals surface area (Å²) >= 11 is 0. The van der Waals surface area contributed by atoms with Crippen molar-refractivity contribution >= 4 is 5.82 Å². The highest BCUT2D eigenvalue weighted by molar-refractivity contribution is 5.57. The average molecular weight is 560 g/mol. The van der Waals surface area contributed by atoms with Gasteiger partial charge < -0.3 is 34.2 Å². The minimum absolute atomic E-state index is 0.113. The van der Waals surface area contributed by atoms with E-state index < -0.39 is 4.92 Å². The Bertz CT molecular complexity index is 1470. The van der Waals surface area contributed by atoms with Crippen LogP contribution in [0.1, 0.15) is 30.0 Å². The highest BCUT2D eigenvalue weighted by Crippen LogP contribution is 2.14. The van der Waals surface area contributed by atoms with Gasteiger partial charge in [-0.05, 0) is 30.7 Å². The van der Waals surface area contributed by atoms with Crippen molar-refractivity contribution in [3.05, 3.63) is 120 Å². The molecule has 5 heterocycles. The van der Waals surface area contributed by atoms with Gasteiger partial charge in [0.15, 0.2) is 0 Å². The molecular weight excluding hydrogens is 522 g/mol. The van der Waals surface area contributed by atoms with E-state index in [1.54, 1.807) is 32.0 Å². The molecular formula is C28H37N11O2. The van der Waals surface area contributed by atoms with Crippen LogP contribution in [0.15, 0.2) is 86.5 Å². The largest absolute Gasteiger partial charge is 0.381 e. The van der Waals surface area contributed by atoms with Gasteiger partial charge in [0.25, 0.3) is 0 Å². The summed E-state index contributed by atoms with van der Waals surface area (Å²) in [6.07, 6.45) is 16.4. The van der Waals surface area contributed by atoms with Gasteiger partial charge >= 0.3 is 5.82 Å². The highest BCUT2D eigenvalue weighted by atomic mass is 16.6. The normalized spacial score (nSPS) is 9.51. The van der Waals surface area contributed by atoms with Crippen LogP contribution in [0.25, 0.3) is 11.3 Å². The Morgan fingerprint density at radius 1 is 0.878 bits per heavy atom. The number of nitro groups is 1. The fourth-order valence-corrected chi connectivity index (χ4v) is 2.98. The molecule has 0 fully saturated rings. The molecule has 5 aromatic heterocycles. The monoisotopic (exact) mass is 559 g/mol. The Morgan fingerprint density at radius 2 is 1.59 bits per heavy atom. The van der Waals surface area contributed by atoms with Gasteiger partial charge in [0.05, 0.1) is 18.3 Å². The molecule has 6 rings (SSSR count). The zero-order valence-electron chi connectivity index (χ0n) is 24.2. The zero-order valence-corrected chi connectivity index (χ0v) is 24.2. The fourth-order valence-electron chi connectivity index (χ4n) is 2.98. The SMILES string of the molecule is CCc1ncc(C)[nH]1.Cc1cnc[nH]1.Cc1ncc[nH]1.Cn1cnc(-c2ccccc2)c1.Cn1cnc([N+](=O)[O-])c1. The third kappa shape index (κ3) is 12.8. The standard InChI is InChI=1S/C10H10N2.C6H10N2.C4H5N3O2.2C4H6N2/c1-12-7-10(11-8-12)9-5-3-2-4-6-9;1-3-6-7-4-5(2)8-6;1-6-2-4(5-3-6)7(8)9;1-4-2-5-3-6-4;1-4-5-2-3-6-4/h2-8H,1H3;4H,3H2,1-2H3,(H,7,8);2-3H,1H3;2*2-3H,1H3,(H,5,6). The first kappa shape index (κ1) is 31.9. The molecule has 6 aromatic rings. The number of hydrogen-bond donors (Lipinski definition) is 3. The van der Waals surface area contributed by atoms with Gasteiger partial charge in [-0.2, -0.15) is 0 Å². The first-order valence-corrected chi connectivity index (χ1v) is 12.7. The lowest BCUT2D eigenvalue weighted by Gasteiger charge is -1.92. The molecule has 13 nitrogen and oxygen atoms in total. The molecule has 0 atom stereocenters. The predicted molar refractivity (Wildman–Crippen MR) is 158 cm³/mol. The number of nitrogens with one attached hydrogen (secondary N) is 3. The van der Waals surface area contributed by atoms with E-state index in [4.69, 9.17) is 0 Å². The molecule has 0 bridgehead atoms. The molecule has 0 saturated heterocycles. The van der Waals surface area contributed by atoms with E-state index in [9.17, 15) is 10.1 Å². The minimum Gasteiger partial charge on any atom is -0.358 e. The van der Waals surface area contributed by atoms with Crippen LogP contribution < -0.4 is 0 Å². The van der Waals surface area contributed by atoms with Crippen molar-refractivity contribution < 1.29 is 4.92 Å². The number of hydrogen-bond acceptors (Lipinski definition) is 7. The average Bonchev–Trinajstić information content (AvgIpc) is 3.80. The van der Waals surface area contributed by atoms with E-state index in [0.29, 0.717) is 0 Å². The molecule has 0 radical (unpaired) electrons. The molecule has 0 saturated carbocycles. The number of rotatable bonds is 3. The Kier molecular flexibility index (Phi) is 13.5. The summed E-state index contributed by atoms with van der Waals surface area (Å²) in [5, 5.41) is 9.94. The molecule has 41 heavy (non-hydrogen) atoms. The van der Waals surface area contributed by atoms with E-state index >= 15 is 0 Å². The molecule has 0 aliphatic rings. The van der Waals surface area contributed by atoms with Crippen molar-refractivity contribution in [2.75, 3.05) is 0 Å². The maximum atomic E-state index is 9.94. The topological polar surface area (TPSA) is 165 Å². The van der Waals surface area contributed by atoms with E-state index in [2.05, 4.69) is 58.9 Å². The van der Waals surface area contributed by atoms with Crippen LogP contribution in [-0.2, 0) is 20.5 Å². The number of aromatic nitrogens is 10. The smallest absolute Gasteiger partial charge is 0.358 e. The quantitative estimate of drug-likeness (QED) is 0.200. The van der Waals surface area contributed by atoms with Gasteiger partial charge in [0.2, 0.25) is 6.33 Å². The summed E-state index contributed by atoms with van der Waals surface area (Å²) in [6.45, 7) is 7.97. The van der Waals surface area contributed by atoms with Gasteiger partial charge in [-0.15, -0.1) is 0 Å². The number of aromatic amines is 3. The first-order valence-electron chi connectivity index (χ1n) is 12.7. The lowest BCUT2D eigenvalue weighted by molar-refractivity contribution is -0.389. The molecule has 0 aliphatic heterocycles. The van der Waals surface area contributed by atoms with Crippen molar-refractivity contribution in [1.82, 2.24) is 49.0 Å². The van der Waals surface area contributed by atoms with Crippen LogP contribution in [0.2, 0.25) is 0 Å². The van der Waals surface area contributed by atoms with Crippen molar-refractivity contribution in [1.29, 1.82) is 0 Å². The number of nitrogens with zero attached hydrogens (tertiary/aromatic N) is 8. The summed E-state index contributed by atoms with van der Waals surface area (Å²) in [6, 6.07) is 10.2. The van der Waals surface area contributed by atoms with E-state index in [-0.39, 0.29) is 5.82 Å². The molecule has 13 heteroatoms. The Hall–Kier alpha value is -5.33. The van der Waals surface area contributed by atoms with Crippen molar-refractivity contribution in [2.45, 2.75) is 34.1 Å². The second-order valence-corrected chi connectivity index (χ2v) is 8.72. The van der Waals surface area contributed by atoms with Gasteiger partial charge in [0, 0.05) is 68.5 Å². The number of benzene rings is 1. The molecule has 1 aromatic carbocycles. The fraction of sp³-hybridized carbons (Fsp3) is 0.250. The minimum atomic E-state index is -0.528. The van der Waals surface area contributed by atoms with Gasteiger partial charge in [-0.1, -0.05) is 37.3 Å². The molecule has 3 N–H and O–H groups in total. The molecule has 216 valence electrons. The lowest BCUT2D eigenvalue weighted by Crippen LogP contribution is -1.86. The van der Waals surface area contributed by atoms with Crippen LogP contribution >= 0.6 is 0 Å². The van der Waals surface area contributed by atoms with Gasteiger partial charge in [0.1, 0.15) is 17.8 Å². The second kappa shape index (κ2) is 17.3. The molecule has 0 unspecified atom stereocenters. The third-order valence-electron chi connectivity index (χ3n) is 5.01. The number of H-pyrrole nitrogens is 3. The third-order valence-corrected chi connectivity index (χ3v) is 5.01. The van der Waals surface area contributed by atoms with Crippen LogP contribution in [-0.4, -0.2) is 53.9 Å². The van der Waals surface area contributed by atoms with Crippen LogP contribution in [0, 0.1) is 30.9 Å². The number of aryl methyl sites for hydroxylation is 6. The Balaban J connectivity index is 0.000000184. The van der Waals surface area contributed by atoms with Crippen LogP contribution in [0.4, 0.5) is 5.82 Å². The van der Waals surface area contributed by atoms with Crippen LogP contribution in [0.5, 0.6) is 0 Å². The van der Waals surface area contributed by atoms with E-state index in [1.165, 1.54) is 17.1 Å². The van der Waals surface area contributed by atoms with Crippen LogP contribution in [0.3, 0.4) is 0 Å². The summed E-state index contributed by atoms with van der Waals surface area (Å²) in [4.78, 5) is 37.7. The molecule has 0 aliphatic carbocycles. The summed E-state index contributed by atoms with van der Waals surface area (Å²) in [5.74, 6) is 1.93. The maximum absolute atomic E-state index is 9.94.